The normalized spacial score (nSPS) is 31.5. The van der Waals surface area contributed by atoms with Gasteiger partial charge < -0.3 is 4.90 Å². The van der Waals surface area contributed by atoms with Crippen LogP contribution in [0.15, 0.2) is 0 Å². The molecule has 0 aromatic heterocycles. The Morgan fingerprint density at radius 2 is 1.71 bits per heavy atom. The predicted molar refractivity (Wildman–Crippen MR) is 70.9 cm³/mol. The van der Waals surface area contributed by atoms with Gasteiger partial charge >= 0.3 is 0 Å². The van der Waals surface area contributed by atoms with Gasteiger partial charge in [0.1, 0.15) is 0 Å². The molecule has 0 unspecified atom stereocenters. The van der Waals surface area contributed by atoms with Gasteiger partial charge in [0.25, 0.3) is 0 Å². The highest BCUT2D eigenvalue weighted by Gasteiger charge is 2.36. The second-order valence-corrected chi connectivity index (χ2v) is 8.22. The average Bonchev–Trinajstić information content (AvgIpc) is 2.22. The van der Waals surface area contributed by atoms with E-state index in [-0.39, 0.29) is 11.3 Å². The molecule has 2 rings (SSSR count). The minimum Gasteiger partial charge on any atom is -0.302 e. The number of nitrogens with zero attached hydrogens (tertiary/aromatic N) is 1. The first-order valence-electron chi connectivity index (χ1n) is 6.87. The van der Waals surface area contributed by atoms with Crippen molar-refractivity contribution in [1.29, 1.82) is 0 Å². The van der Waals surface area contributed by atoms with Crippen LogP contribution in [0, 0.1) is 5.92 Å². The third-order valence-corrected chi connectivity index (χ3v) is 6.20. The fraction of sp³-hybridized carbons (Fsp3) is 1.00. The van der Waals surface area contributed by atoms with Gasteiger partial charge in [-0.3, -0.25) is 0 Å². The molecule has 2 aliphatic carbocycles. The van der Waals surface area contributed by atoms with Crippen molar-refractivity contribution < 1.29 is 8.42 Å². The van der Waals surface area contributed by atoms with E-state index in [0.29, 0.717) is 0 Å². The summed E-state index contributed by atoms with van der Waals surface area (Å²) >= 11 is 0. The fourth-order valence-corrected chi connectivity index (χ4v) is 4.81. The van der Waals surface area contributed by atoms with Crippen LogP contribution in [-0.2, 0) is 9.84 Å². The van der Waals surface area contributed by atoms with E-state index < -0.39 is 9.84 Å². The number of hydrogen-bond acceptors (Lipinski definition) is 3. The summed E-state index contributed by atoms with van der Waals surface area (Å²) in [5, 5.41) is -0.124. The van der Waals surface area contributed by atoms with Gasteiger partial charge in [-0.15, -0.1) is 0 Å². The third-order valence-electron chi connectivity index (χ3n) is 4.55. The van der Waals surface area contributed by atoms with E-state index in [4.69, 9.17) is 0 Å². The molecule has 0 amide bonds. The topological polar surface area (TPSA) is 37.4 Å². The summed E-state index contributed by atoms with van der Waals surface area (Å²) in [6.45, 7) is 1.09. The Bertz CT molecular complexity index is 348. The van der Waals surface area contributed by atoms with Crippen LogP contribution < -0.4 is 0 Å². The zero-order valence-corrected chi connectivity index (χ0v) is 11.9. The largest absolute Gasteiger partial charge is 0.302 e. The Morgan fingerprint density at radius 1 is 1.06 bits per heavy atom. The van der Waals surface area contributed by atoms with E-state index in [0.717, 1.165) is 31.7 Å². The molecule has 3 nitrogen and oxygen atoms in total. The molecule has 0 heterocycles. The van der Waals surface area contributed by atoms with Crippen LogP contribution in [0.1, 0.15) is 44.9 Å². The summed E-state index contributed by atoms with van der Waals surface area (Å²) in [5.41, 5.74) is 0. The van der Waals surface area contributed by atoms with E-state index in [1.165, 1.54) is 31.9 Å². The monoisotopic (exact) mass is 259 g/mol. The van der Waals surface area contributed by atoms with E-state index >= 15 is 0 Å². The highest BCUT2D eigenvalue weighted by Crippen LogP contribution is 2.31. The molecule has 2 saturated carbocycles. The van der Waals surface area contributed by atoms with E-state index in [9.17, 15) is 8.42 Å². The molecule has 0 aromatic rings. The van der Waals surface area contributed by atoms with Crippen LogP contribution in [0.5, 0.6) is 0 Å². The summed E-state index contributed by atoms with van der Waals surface area (Å²) in [6, 6.07) is 0.263. The van der Waals surface area contributed by atoms with Crippen molar-refractivity contribution in [2.24, 2.45) is 5.92 Å². The molecular weight excluding hydrogens is 234 g/mol. The lowest BCUT2D eigenvalue weighted by molar-refractivity contribution is 0.137. The van der Waals surface area contributed by atoms with Gasteiger partial charge in [-0.1, -0.05) is 19.3 Å². The number of sulfone groups is 1. The van der Waals surface area contributed by atoms with Crippen LogP contribution >= 0.6 is 0 Å². The number of rotatable bonds is 4. The lowest BCUT2D eigenvalue weighted by atomic mass is 9.84. The molecule has 0 spiro atoms. The van der Waals surface area contributed by atoms with Crippen molar-refractivity contribution in [2.75, 3.05) is 19.8 Å². The second kappa shape index (κ2) is 5.27. The molecular formula is C13H25NO2S. The predicted octanol–water partition coefficient (Wildman–Crippen LogP) is 2.07. The minimum atomic E-state index is -2.89. The maximum absolute atomic E-state index is 11.8. The van der Waals surface area contributed by atoms with Gasteiger partial charge in [0.05, 0.1) is 5.25 Å². The summed E-state index contributed by atoms with van der Waals surface area (Å²) < 4.78 is 23.7. The van der Waals surface area contributed by atoms with Crippen molar-refractivity contribution in [1.82, 2.24) is 4.90 Å². The van der Waals surface area contributed by atoms with Crippen molar-refractivity contribution in [3.63, 3.8) is 0 Å². The first-order chi connectivity index (χ1) is 7.98. The van der Waals surface area contributed by atoms with Crippen molar-refractivity contribution in [3.8, 4) is 0 Å². The fourth-order valence-electron chi connectivity index (χ4n) is 3.30. The zero-order chi connectivity index (χ0) is 12.5. The van der Waals surface area contributed by atoms with Gasteiger partial charge in [-0.05, 0) is 38.6 Å². The van der Waals surface area contributed by atoms with E-state index in [1.807, 2.05) is 0 Å². The molecule has 2 atom stereocenters. The van der Waals surface area contributed by atoms with Gasteiger partial charge in [-0.2, -0.15) is 0 Å². The molecule has 0 aliphatic heterocycles. The molecule has 0 N–H and O–H groups in total. The lowest BCUT2D eigenvalue weighted by Crippen LogP contribution is -2.48. The zero-order valence-electron chi connectivity index (χ0n) is 11.1. The molecule has 0 aromatic carbocycles. The Labute approximate surface area is 105 Å². The van der Waals surface area contributed by atoms with Crippen LogP contribution in [0.3, 0.4) is 0 Å². The highest BCUT2D eigenvalue weighted by atomic mass is 32.2. The van der Waals surface area contributed by atoms with Gasteiger partial charge in [-0.25, -0.2) is 8.42 Å². The molecule has 0 radical (unpaired) electrons. The minimum absolute atomic E-state index is 0.124. The SMILES string of the molecule is CN(CC1CCC1)[C@H]1CCCC[C@H]1S(C)(=O)=O. The quantitative estimate of drug-likeness (QED) is 0.775. The summed E-state index contributed by atoms with van der Waals surface area (Å²) in [4.78, 5) is 2.33. The summed E-state index contributed by atoms with van der Waals surface area (Å²) in [6.07, 6.45) is 9.61. The molecule has 4 heteroatoms. The lowest BCUT2D eigenvalue weighted by Gasteiger charge is -2.40. The molecule has 100 valence electrons. The van der Waals surface area contributed by atoms with Crippen molar-refractivity contribution >= 4 is 9.84 Å². The van der Waals surface area contributed by atoms with Crippen LogP contribution in [0.25, 0.3) is 0 Å². The molecule has 0 saturated heterocycles. The highest BCUT2D eigenvalue weighted by molar-refractivity contribution is 7.91. The van der Waals surface area contributed by atoms with Gasteiger partial charge in [0.15, 0.2) is 9.84 Å². The first kappa shape index (κ1) is 13.3. The standard InChI is InChI=1S/C13H25NO2S/c1-14(10-11-6-5-7-11)12-8-3-4-9-13(12)17(2,15)16/h11-13H,3-10H2,1-2H3/t12-,13+/m0/s1. The maximum atomic E-state index is 11.8. The number of hydrogen-bond donors (Lipinski definition) is 0. The Morgan fingerprint density at radius 3 is 2.24 bits per heavy atom. The molecule has 17 heavy (non-hydrogen) atoms. The van der Waals surface area contributed by atoms with Crippen LogP contribution in [0.2, 0.25) is 0 Å². The van der Waals surface area contributed by atoms with Gasteiger partial charge in [0.2, 0.25) is 0 Å². The average molecular weight is 259 g/mol. The van der Waals surface area contributed by atoms with E-state index in [1.54, 1.807) is 0 Å². The first-order valence-corrected chi connectivity index (χ1v) is 8.83. The van der Waals surface area contributed by atoms with Crippen LogP contribution in [0.4, 0.5) is 0 Å². The Kier molecular flexibility index (Phi) is 4.14. The Balaban J connectivity index is 1.99. The maximum Gasteiger partial charge on any atom is 0.151 e. The van der Waals surface area contributed by atoms with Crippen LogP contribution in [-0.4, -0.2) is 44.5 Å². The summed E-state index contributed by atoms with van der Waals surface area (Å²) in [5.74, 6) is 0.821. The molecule has 0 bridgehead atoms. The third kappa shape index (κ3) is 3.22. The van der Waals surface area contributed by atoms with Crippen molar-refractivity contribution in [3.05, 3.63) is 0 Å². The summed E-state index contributed by atoms with van der Waals surface area (Å²) in [7, 11) is -0.769. The van der Waals surface area contributed by atoms with Gasteiger partial charge in [0, 0.05) is 18.8 Å². The smallest absolute Gasteiger partial charge is 0.151 e. The second-order valence-electron chi connectivity index (χ2n) is 5.96. The Hall–Kier alpha value is -0.0900. The molecule has 2 aliphatic rings. The van der Waals surface area contributed by atoms with E-state index in [2.05, 4.69) is 11.9 Å². The van der Waals surface area contributed by atoms with Crippen molar-refractivity contribution in [2.45, 2.75) is 56.2 Å². The molecule has 2 fully saturated rings.